The van der Waals surface area contributed by atoms with Crippen LogP contribution in [0.25, 0.3) is 16.8 Å². The van der Waals surface area contributed by atoms with E-state index in [1.165, 1.54) is 25.3 Å². The topological polar surface area (TPSA) is 50.4 Å². The minimum absolute atomic E-state index is 0.251. The van der Waals surface area contributed by atoms with E-state index in [1.54, 1.807) is 6.08 Å². The Kier molecular flexibility index (Phi) is 8.61. The molecular formula is C26H28N2O2S. The van der Waals surface area contributed by atoms with Gasteiger partial charge in [-0.15, -0.1) is 0 Å². The van der Waals surface area contributed by atoms with Gasteiger partial charge in [0, 0.05) is 11.8 Å². The summed E-state index contributed by atoms with van der Waals surface area (Å²) in [7, 11) is 0. The number of amides is 1. The molecule has 3 aromatic rings. The van der Waals surface area contributed by atoms with Crippen LogP contribution in [0.1, 0.15) is 38.2 Å². The molecule has 0 aromatic heterocycles. The second-order valence-corrected chi connectivity index (χ2v) is 7.69. The molecule has 0 heterocycles. The number of carbonyl (C=O) groups is 1. The van der Waals surface area contributed by atoms with Gasteiger partial charge in [-0.2, -0.15) is 0 Å². The van der Waals surface area contributed by atoms with Crippen molar-refractivity contribution in [3.63, 3.8) is 0 Å². The Morgan fingerprint density at radius 1 is 0.968 bits per heavy atom. The fourth-order valence-electron chi connectivity index (χ4n) is 3.23. The molecule has 0 saturated heterocycles. The molecule has 4 nitrogen and oxygen atoms in total. The number of hydrogen-bond donors (Lipinski definition) is 2. The van der Waals surface area contributed by atoms with Crippen molar-refractivity contribution in [2.75, 3.05) is 11.9 Å². The van der Waals surface area contributed by atoms with Gasteiger partial charge in [0.05, 0.1) is 6.61 Å². The van der Waals surface area contributed by atoms with E-state index in [4.69, 9.17) is 17.0 Å². The predicted octanol–water partition coefficient (Wildman–Crippen LogP) is 6.33. The number of carbonyl (C=O) groups excluding carboxylic acids is 1. The van der Waals surface area contributed by atoms with Crippen LogP contribution in [0.5, 0.6) is 5.75 Å². The van der Waals surface area contributed by atoms with Crippen LogP contribution in [0, 0.1) is 0 Å². The molecular weight excluding hydrogens is 404 g/mol. The van der Waals surface area contributed by atoms with Crippen molar-refractivity contribution in [2.24, 2.45) is 0 Å². The van der Waals surface area contributed by atoms with E-state index in [0.29, 0.717) is 0 Å². The van der Waals surface area contributed by atoms with Crippen molar-refractivity contribution in [1.29, 1.82) is 0 Å². The van der Waals surface area contributed by atoms with Gasteiger partial charge in [-0.1, -0.05) is 68.7 Å². The number of unbranched alkanes of at least 4 members (excludes halogenated alkanes) is 3. The molecule has 0 unspecified atom stereocenters. The standard InChI is InChI=1S/C26H28N2O2S/c1-2-3-4-7-19-30-23-16-14-22(15-17-23)27-26(31)28-25(29)18-13-21-11-8-10-20-9-5-6-12-24(20)21/h5-6,8-18H,2-4,7,19H2,1H3,(H2,27,28,29,31). The lowest BCUT2D eigenvalue weighted by atomic mass is 10.0. The van der Waals surface area contributed by atoms with Crippen LogP contribution < -0.4 is 15.4 Å². The summed E-state index contributed by atoms with van der Waals surface area (Å²) in [4.78, 5) is 12.3. The number of benzene rings is 3. The highest BCUT2D eigenvalue weighted by atomic mass is 32.1. The maximum Gasteiger partial charge on any atom is 0.250 e. The van der Waals surface area contributed by atoms with E-state index >= 15 is 0 Å². The summed E-state index contributed by atoms with van der Waals surface area (Å²) in [6.45, 7) is 2.92. The molecule has 31 heavy (non-hydrogen) atoms. The summed E-state index contributed by atoms with van der Waals surface area (Å²) < 4.78 is 5.74. The van der Waals surface area contributed by atoms with Crippen LogP contribution in [0.15, 0.2) is 72.8 Å². The summed E-state index contributed by atoms with van der Waals surface area (Å²) in [6.07, 6.45) is 8.01. The van der Waals surface area contributed by atoms with Gasteiger partial charge in [-0.05, 0) is 65.3 Å². The highest BCUT2D eigenvalue weighted by molar-refractivity contribution is 7.80. The van der Waals surface area contributed by atoms with Gasteiger partial charge in [0.15, 0.2) is 5.11 Å². The minimum atomic E-state index is -0.280. The summed E-state index contributed by atoms with van der Waals surface area (Å²) in [5, 5.41) is 8.19. The van der Waals surface area contributed by atoms with E-state index in [1.807, 2.05) is 54.6 Å². The predicted molar refractivity (Wildman–Crippen MR) is 133 cm³/mol. The molecule has 1 amide bonds. The summed E-state index contributed by atoms with van der Waals surface area (Å²) in [6, 6.07) is 21.6. The number of anilines is 1. The zero-order valence-electron chi connectivity index (χ0n) is 17.8. The van der Waals surface area contributed by atoms with Crippen molar-refractivity contribution in [3.8, 4) is 5.75 Å². The zero-order chi connectivity index (χ0) is 21.9. The molecule has 3 rings (SSSR count). The average Bonchev–Trinajstić information content (AvgIpc) is 2.78. The van der Waals surface area contributed by atoms with Gasteiger partial charge in [0.1, 0.15) is 5.75 Å². The molecule has 0 radical (unpaired) electrons. The molecule has 0 bridgehead atoms. The normalized spacial score (nSPS) is 10.9. The fourth-order valence-corrected chi connectivity index (χ4v) is 3.45. The third-order valence-electron chi connectivity index (χ3n) is 4.85. The van der Waals surface area contributed by atoms with Gasteiger partial charge >= 0.3 is 0 Å². The molecule has 2 N–H and O–H groups in total. The summed E-state index contributed by atoms with van der Waals surface area (Å²) in [5.74, 6) is 0.549. The highest BCUT2D eigenvalue weighted by Gasteiger charge is 2.03. The van der Waals surface area contributed by atoms with Crippen LogP contribution in [-0.4, -0.2) is 17.6 Å². The molecule has 0 aliphatic rings. The lowest BCUT2D eigenvalue weighted by Gasteiger charge is -2.10. The van der Waals surface area contributed by atoms with E-state index in [-0.39, 0.29) is 11.0 Å². The second-order valence-electron chi connectivity index (χ2n) is 7.28. The Morgan fingerprint density at radius 2 is 1.74 bits per heavy atom. The van der Waals surface area contributed by atoms with Gasteiger partial charge < -0.3 is 10.1 Å². The molecule has 3 aromatic carbocycles. The third-order valence-corrected chi connectivity index (χ3v) is 5.06. The van der Waals surface area contributed by atoms with Crippen LogP contribution in [0.4, 0.5) is 5.69 Å². The molecule has 0 aliphatic heterocycles. The van der Waals surface area contributed by atoms with Crippen molar-refractivity contribution in [3.05, 3.63) is 78.4 Å². The van der Waals surface area contributed by atoms with Crippen molar-refractivity contribution in [1.82, 2.24) is 5.32 Å². The lowest BCUT2D eigenvalue weighted by Crippen LogP contribution is -2.32. The molecule has 0 spiro atoms. The minimum Gasteiger partial charge on any atom is -0.494 e. The maximum absolute atomic E-state index is 12.3. The van der Waals surface area contributed by atoms with Gasteiger partial charge in [0.25, 0.3) is 0 Å². The Morgan fingerprint density at radius 3 is 2.55 bits per heavy atom. The van der Waals surface area contributed by atoms with Crippen LogP contribution in [-0.2, 0) is 4.79 Å². The highest BCUT2D eigenvalue weighted by Crippen LogP contribution is 2.19. The Balaban J connectivity index is 1.47. The first-order valence-corrected chi connectivity index (χ1v) is 11.1. The van der Waals surface area contributed by atoms with E-state index in [0.717, 1.165) is 40.8 Å². The van der Waals surface area contributed by atoms with Crippen LogP contribution in [0.2, 0.25) is 0 Å². The molecule has 160 valence electrons. The number of rotatable bonds is 9. The van der Waals surface area contributed by atoms with Crippen molar-refractivity contribution >= 4 is 45.8 Å². The third kappa shape index (κ3) is 7.23. The molecule has 0 atom stereocenters. The maximum atomic E-state index is 12.3. The Labute approximate surface area is 189 Å². The summed E-state index contributed by atoms with van der Waals surface area (Å²) in [5.41, 5.74) is 1.78. The first-order chi connectivity index (χ1) is 15.2. The number of nitrogens with one attached hydrogen (secondary N) is 2. The Hall–Kier alpha value is -3.18. The molecule has 0 aliphatic carbocycles. The SMILES string of the molecule is CCCCCCOc1ccc(NC(=S)NC(=O)C=Cc2cccc3ccccc23)cc1. The number of thiocarbonyl (C=S) groups is 1. The second kappa shape index (κ2) is 11.9. The first-order valence-electron chi connectivity index (χ1n) is 10.7. The monoisotopic (exact) mass is 432 g/mol. The van der Waals surface area contributed by atoms with Gasteiger partial charge in [0.2, 0.25) is 5.91 Å². The number of ether oxygens (including phenoxy) is 1. The lowest BCUT2D eigenvalue weighted by molar-refractivity contribution is -0.115. The van der Waals surface area contributed by atoms with Crippen LogP contribution in [0.3, 0.4) is 0 Å². The largest absolute Gasteiger partial charge is 0.494 e. The number of hydrogen-bond acceptors (Lipinski definition) is 3. The zero-order valence-corrected chi connectivity index (χ0v) is 18.6. The first kappa shape index (κ1) is 22.5. The van der Waals surface area contributed by atoms with Crippen LogP contribution >= 0.6 is 12.2 Å². The van der Waals surface area contributed by atoms with Crippen molar-refractivity contribution < 1.29 is 9.53 Å². The molecule has 0 fully saturated rings. The van der Waals surface area contributed by atoms with Gasteiger partial charge in [-0.25, -0.2) is 0 Å². The molecule has 0 saturated carbocycles. The fraction of sp³-hybridized carbons (Fsp3) is 0.231. The average molecular weight is 433 g/mol. The number of fused-ring (bicyclic) bond motifs is 1. The molecule has 5 heteroatoms. The Bertz CT molecular complexity index is 1040. The summed E-state index contributed by atoms with van der Waals surface area (Å²) >= 11 is 5.26. The van der Waals surface area contributed by atoms with Crippen molar-refractivity contribution in [2.45, 2.75) is 32.6 Å². The van der Waals surface area contributed by atoms with E-state index in [2.05, 4.69) is 29.7 Å². The smallest absolute Gasteiger partial charge is 0.250 e. The quantitative estimate of drug-likeness (QED) is 0.236. The van der Waals surface area contributed by atoms with Gasteiger partial charge in [-0.3, -0.25) is 10.1 Å². The van der Waals surface area contributed by atoms with E-state index in [9.17, 15) is 4.79 Å². The van der Waals surface area contributed by atoms with E-state index < -0.39 is 0 Å².